The number of hydrogen-bond acceptors (Lipinski definition) is 3. The van der Waals surface area contributed by atoms with E-state index in [1.165, 1.54) is 25.7 Å². The standard InChI is InChI=1S/C26H27FN4O/c1-29-14-20(13-28-29)18-10-11-19(23(27)12-18)15-31-24-9-5-4-8-22(24)26(25(31)32)16-30(17-26)21-6-2-3-7-21/h4-5,8-14,21H,2-3,6-7,15-17H2,1H3. The first-order valence-corrected chi connectivity index (χ1v) is 11.5. The van der Waals surface area contributed by atoms with Crippen molar-refractivity contribution in [2.45, 2.75) is 43.7 Å². The van der Waals surface area contributed by atoms with E-state index in [9.17, 15) is 4.79 Å². The zero-order valence-electron chi connectivity index (χ0n) is 18.3. The molecule has 32 heavy (non-hydrogen) atoms. The van der Waals surface area contributed by atoms with Crippen LogP contribution in [0.1, 0.15) is 36.8 Å². The second kappa shape index (κ2) is 7.27. The van der Waals surface area contributed by atoms with Crippen LogP contribution in [-0.2, 0) is 23.8 Å². The highest BCUT2D eigenvalue weighted by atomic mass is 19.1. The van der Waals surface area contributed by atoms with Crippen molar-refractivity contribution in [3.05, 3.63) is 71.8 Å². The van der Waals surface area contributed by atoms with Crippen molar-refractivity contribution in [3.63, 3.8) is 0 Å². The monoisotopic (exact) mass is 430 g/mol. The van der Waals surface area contributed by atoms with Gasteiger partial charge < -0.3 is 4.90 Å². The Morgan fingerprint density at radius 2 is 1.88 bits per heavy atom. The average Bonchev–Trinajstić information content (AvgIpc) is 3.48. The number of likely N-dealkylation sites (tertiary alicyclic amines) is 1. The number of carbonyl (C=O) groups is 1. The van der Waals surface area contributed by atoms with Crippen LogP contribution in [0.25, 0.3) is 11.1 Å². The molecule has 1 spiro atoms. The summed E-state index contributed by atoms with van der Waals surface area (Å²) in [6.45, 7) is 1.82. The Morgan fingerprint density at radius 1 is 1.09 bits per heavy atom. The number of aryl methyl sites for hydroxylation is 1. The van der Waals surface area contributed by atoms with Crippen LogP contribution in [0.5, 0.6) is 0 Å². The van der Waals surface area contributed by atoms with Gasteiger partial charge in [-0.05, 0) is 36.1 Å². The third kappa shape index (κ3) is 2.93. The molecule has 0 radical (unpaired) electrons. The maximum atomic E-state index is 15.1. The molecule has 0 bridgehead atoms. The van der Waals surface area contributed by atoms with E-state index in [2.05, 4.69) is 16.1 Å². The van der Waals surface area contributed by atoms with Crippen molar-refractivity contribution in [3.8, 4) is 11.1 Å². The van der Waals surface area contributed by atoms with Crippen molar-refractivity contribution in [1.29, 1.82) is 0 Å². The zero-order valence-corrected chi connectivity index (χ0v) is 18.3. The Kier molecular flexibility index (Phi) is 4.47. The molecular formula is C26H27FN4O. The van der Waals surface area contributed by atoms with Crippen molar-refractivity contribution in [1.82, 2.24) is 14.7 Å². The fourth-order valence-corrected chi connectivity index (χ4v) is 5.83. The van der Waals surface area contributed by atoms with Gasteiger partial charge >= 0.3 is 0 Å². The Bertz CT molecular complexity index is 1190. The lowest BCUT2D eigenvalue weighted by Gasteiger charge is -2.50. The van der Waals surface area contributed by atoms with E-state index < -0.39 is 5.41 Å². The minimum atomic E-state index is -0.467. The number of rotatable bonds is 4. The number of carbonyl (C=O) groups excluding carboxylic acids is 1. The molecule has 3 aliphatic rings. The van der Waals surface area contributed by atoms with Gasteiger partial charge in [0, 0.05) is 49.2 Å². The molecule has 0 atom stereocenters. The number of aromatic nitrogens is 2. The number of halogens is 1. The van der Waals surface area contributed by atoms with Gasteiger partial charge in [-0.15, -0.1) is 0 Å². The van der Waals surface area contributed by atoms with Crippen LogP contribution >= 0.6 is 0 Å². The topological polar surface area (TPSA) is 41.4 Å². The van der Waals surface area contributed by atoms with Crippen molar-refractivity contribution >= 4 is 11.6 Å². The van der Waals surface area contributed by atoms with Gasteiger partial charge in [-0.1, -0.05) is 43.2 Å². The van der Waals surface area contributed by atoms with E-state index >= 15 is 4.39 Å². The summed E-state index contributed by atoms with van der Waals surface area (Å²) in [6.07, 6.45) is 8.66. The van der Waals surface area contributed by atoms with Gasteiger partial charge in [0.15, 0.2) is 0 Å². The van der Waals surface area contributed by atoms with Gasteiger partial charge in [0.2, 0.25) is 5.91 Å². The maximum absolute atomic E-state index is 15.1. The summed E-state index contributed by atoms with van der Waals surface area (Å²) in [4.78, 5) is 18.0. The number of benzene rings is 2. The Balaban J connectivity index is 1.27. The summed E-state index contributed by atoms with van der Waals surface area (Å²) in [6, 6.07) is 13.9. The number of hydrogen-bond donors (Lipinski definition) is 0. The van der Waals surface area contributed by atoms with Gasteiger partial charge in [0.1, 0.15) is 11.2 Å². The molecule has 6 heteroatoms. The minimum absolute atomic E-state index is 0.115. The summed E-state index contributed by atoms with van der Waals surface area (Å²) < 4.78 is 16.8. The van der Waals surface area contributed by atoms with Gasteiger partial charge in [-0.2, -0.15) is 5.10 Å². The van der Waals surface area contributed by atoms with E-state index in [1.54, 1.807) is 27.9 Å². The van der Waals surface area contributed by atoms with Crippen molar-refractivity contribution < 1.29 is 9.18 Å². The molecule has 1 saturated carbocycles. The molecule has 1 aromatic heterocycles. The first kappa shape index (κ1) is 19.7. The SMILES string of the molecule is Cn1cc(-c2ccc(CN3C(=O)C4(CN(C5CCCC5)C4)c4ccccc43)c(F)c2)cn1. The summed E-state index contributed by atoms with van der Waals surface area (Å²) >= 11 is 0. The molecule has 6 rings (SSSR count). The molecular weight excluding hydrogens is 403 g/mol. The normalized spacial score (nSPS) is 20.2. The minimum Gasteiger partial charge on any atom is -0.307 e. The van der Waals surface area contributed by atoms with Gasteiger partial charge in [0.25, 0.3) is 0 Å². The number of amides is 1. The highest BCUT2D eigenvalue weighted by molar-refractivity contribution is 6.09. The zero-order chi connectivity index (χ0) is 21.9. The molecule has 3 aromatic rings. The molecule has 1 saturated heterocycles. The molecule has 1 aliphatic carbocycles. The Hall–Kier alpha value is -2.99. The fraction of sp³-hybridized carbons (Fsp3) is 0.385. The van der Waals surface area contributed by atoms with Gasteiger partial charge in [-0.3, -0.25) is 14.4 Å². The molecule has 164 valence electrons. The highest BCUT2D eigenvalue weighted by Gasteiger charge is 2.58. The summed E-state index contributed by atoms with van der Waals surface area (Å²) in [5.41, 5.74) is 3.76. The molecule has 5 nitrogen and oxygen atoms in total. The van der Waals surface area contributed by atoms with Gasteiger partial charge in [-0.25, -0.2) is 4.39 Å². The lowest BCUT2D eigenvalue weighted by atomic mass is 9.73. The molecule has 3 heterocycles. The molecule has 0 N–H and O–H groups in total. The van der Waals surface area contributed by atoms with Crippen LogP contribution in [0.2, 0.25) is 0 Å². The first-order valence-electron chi connectivity index (χ1n) is 11.5. The predicted octanol–water partition coefficient (Wildman–Crippen LogP) is 4.27. The van der Waals surface area contributed by atoms with E-state index in [0.29, 0.717) is 11.6 Å². The number of para-hydroxylation sites is 1. The lowest BCUT2D eigenvalue weighted by Crippen LogP contribution is -2.65. The summed E-state index contributed by atoms with van der Waals surface area (Å²) in [7, 11) is 1.84. The molecule has 2 fully saturated rings. The third-order valence-corrected chi connectivity index (χ3v) is 7.57. The number of fused-ring (bicyclic) bond motifs is 2. The van der Waals surface area contributed by atoms with Crippen LogP contribution in [0.4, 0.5) is 10.1 Å². The van der Waals surface area contributed by atoms with Crippen LogP contribution < -0.4 is 4.90 Å². The quantitative estimate of drug-likeness (QED) is 0.621. The predicted molar refractivity (Wildman–Crippen MR) is 122 cm³/mol. The largest absolute Gasteiger partial charge is 0.307 e. The van der Waals surface area contributed by atoms with E-state index in [-0.39, 0.29) is 18.3 Å². The van der Waals surface area contributed by atoms with Crippen molar-refractivity contribution in [2.24, 2.45) is 7.05 Å². The molecule has 2 aliphatic heterocycles. The van der Waals surface area contributed by atoms with Crippen molar-refractivity contribution in [2.75, 3.05) is 18.0 Å². The maximum Gasteiger partial charge on any atom is 0.240 e. The van der Waals surface area contributed by atoms with E-state index in [0.717, 1.165) is 35.5 Å². The summed E-state index contributed by atoms with van der Waals surface area (Å²) in [5, 5.41) is 4.17. The first-order chi connectivity index (χ1) is 15.5. The second-order valence-electron chi connectivity index (χ2n) is 9.54. The molecule has 2 aromatic carbocycles. The van der Waals surface area contributed by atoms with E-state index in [1.807, 2.05) is 37.5 Å². The smallest absolute Gasteiger partial charge is 0.240 e. The highest BCUT2D eigenvalue weighted by Crippen LogP contribution is 2.49. The van der Waals surface area contributed by atoms with E-state index in [4.69, 9.17) is 0 Å². The second-order valence-corrected chi connectivity index (χ2v) is 9.54. The molecule has 0 unspecified atom stereocenters. The van der Waals surface area contributed by atoms with Crippen LogP contribution in [0.15, 0.2) is 54.9 Å². The van der Waals surface area contributed by atoms with Gasteiger partial charge in [0.05, 0.1) is 12.7 Å². The van der Waals surface area contributed by atoms with Crippen LogP contribution in [-0.4, -0.2) is 39.7 Å². The average molecular weight is 431 g/mol. The van der Waals surface area contributed by atoms with Crippen LogP contribution in [0.3, 0.4) is 0 Å². The Morgan fingerprint density at radius 3 is 2.59 bits per heavy atom. The third-order valence-electron chi connectivity index (χ3n) is 7.57. The lowest BCUT2D eigenvalue weighted by molar-refractivity contribution is -0.130. The number of anilines is 1. The van der Waals surface area contributed by atoms with Crippen LogP contribution in [0, 0.1) is 5.82 Å². The molecule has 1 amide bonds. The summed E-state index contributed by atoms with van der Waals surface area (Å²) in [5.74, 6) is -0.178. The number of nitrogens with zero attached hydrogens (tertiary/aromatic N) is 4. The fourth-order valence-electron chi connectivity index (χ4n) is 5.83. The Labute approximate surface area is 187 Å².